The van der Waals surface area contributed by atoms with Crippen molar-refractivity contribution in [1.29, 1.82) is 0 Å². The Morgan fingerprint density at radius 2 is 1.71 bits per heavy atom. The number of aryl methyl sites for hydroxylation is 1. The summed E-state index contributed by atoms with van der Waals surface area (Å²) in [7, 11) is 3.50. The van der Waals surface area contributed by atoms with Crippen LogP contribution in [0.25, 0.3) is 22.3 Å². The topological polar surface area (TPSA) is 105 Å². The van der Waals surface area contributed by atoms with Crippen LogP contribution in [-0.4, -0.2) is 34.0 Å². The fraction of sp³-hybridized carbons (Fsp3) is 0.148. The molecule has 2 amide bonds. The van der Waals surface area contributed by atoms with Crippen LogP contribution >= 0.6 is 0 Å². The van der Waals surface area contributed by atoms with E-state index in [0.717, 1.165) is 33.6 Å². The van der Waals surface area contributed by atoms with Crippen molar-refractivity contribution in [2.24, 2.45) is 7.05 Å². The molecule has 0 saturated heterocycles. The van der Waals surface area contributed by atoms with Gasteiger partial charge in [-0.1, -0.05) is 48.5 Å². The number of aromatic nitrogens is 2. The Balaban J connectivity index is 1.52. The molecule has 4 aromatic rings. The van der Waals surface area contributed by atoms with E-state index in [0.29, 0.717) is 17.8 Å². The van der Waals surface area contributed by atoms with Crippen molar-refractivity contribution >= 4 is 17.7 Å². The number of carboxylic acids is 1. The summed E-state index contributed by atoms with van der Waals surface area (Å²) in [5.41, 5.74) is 5.95. The second kappa shape index (κ2) is 10.6. The third-order valence-corrected chi connectivity index (χ3v) is 5.52. The quantitative estimate of drug-likeness (QED) is 0.346. The number of hydrogen-bond donors (Lipinski definition) is 3. The number of anilines is 1. The lowest BCUT2D eigenvalue weighted by Crippen LogP contribution is -2.28. The molecule has 0 atom stereocenters. The third kappa shape index (κ3) is 5.86. The maximum Gasteiger partial charge on any atom is 0.319 e. The molecule has 0 aliphatic carbocycles. The molecule has 3 N–H and O–H groups in total. The zero-order valence-corrected chi connectivity index (χ0v) is 19.5. The number of amides is 2. The molecule has 8 nitrogen and oxygen atoms in total. The van der Waals surface area contributed by atoms with E-state index in [1.807, 2.05) is 55.7 Å². The largest absolute Gasteiger partial charge is 0.496 e. The monoisotopic (exact) mass is 470 g/mol. The van der Waals surface area contributed by atoms with Crippen molar-refractivity contribution < 1.29 is 19.4 Å². The molecule has 35 heavy (non-hydrogen) atoms. The van der Waals surface area contributed by atoms with Crippen molar-refractivity contribution in [1.82, 2.24) is 15.1 Å². The van der Waals surface area contributed by atoms with Crippen LogP contribution in [0.15, 0.2) is 79.1 Å². The van der Waals surface area contributed by atoms with Gasteiger partial charge in [0.05, 0.1) is 19.7 Å². The Morgan fingerprint density at radius 3 is 2.40 bits per heavy atom. The van der Waals surface area contributed by atoms with E-state index in [-0.39, 0.29) is 12.5 Å². The van der Waals surface area contributed by atoms with Crippen LogP contribution in [0.1, 0.15) is 11.1 Å². The Kier molecular flexibility index (Phi) is 7.11. The van der Waals surface area contributed by atoms with Crippen LogP contribution in [0.2, 0.25) is 0 Å². The molecule has 0 fully saturated rings. The van der Waals surface area contributed by atoms with E-state index in [4.69, 9.17) is 9.84 Å². The lowest BCUT2D eigenvalue weighted by atomic mass is 9.95. The van der Waals surface area contributed by atoms with Crippen LogP contribution in [-0.2, 0) is 24.8 Å². The Bertz CT molecular complexity index is 1350. The van der Waals surface area contributed by atoms with Crippen LogP contribution < -0.4 is 15.4 Å². The van der Waals surface area contributed by atoms with Crippen LogP contribution in [0.5, 0.6) is 5.75 Å². The average molecular weight is 471 g/mol. The minimum atomic E-state index is -0.877. The number of hydrogen-bond acceptors (Lipinski definition) is 4. The number of benzene rings is 3. The fourth-order valence-corrected chi connectivity index (χ4v) is 3.83. The number of nitrogens with one attached hydrogen (secondary N) is 2. The Morgan fingerprint density at radius 1 is 0.971 bits per heavy atom. The molecule has 4 rings (SSSR count). The summed E-state index contributed by atoms with van der Waals surface area (Å²) in [5.74, 6) is -0.122. The second-order valence-electron chi connectivity index (χ2n) is 8.06. The van der Waals surface area contributed by atoms with Gasteiger partial charge in [-0.3, -0.25) is 9.48 Å². The predicted octanol–water partition coefficient (Wildman–Crippen LogP) is 4.71. The molecule has 0 aliphatic heterocycles. The van der Waals surface area contributed by atoms with Crippen LogP contribution in [0, 0.1) is 0 Å². The zero-order valence-electron chi connectivity index (χ0n) is 19.5. The summed E-state index contributed by atoms with van der Waals surface area (Å²) in [6.45, 7) is 0.313. The third-order valence-electron chi connectivity index (χ3n) is 5.52. The van der Waals surface area contributed by atoms with Gasteiger partial charge in [0, 0.05) is 36.6 Å². The molecular weight excluding hydrogens is 444 g/mol. The molecule has 0 saturated carbocycles. The first-order chi connectivity index (χ1) is 16.9. The molecule has 1 heterocycles. The van der Waals surface area contributed by atoms with E-state index < -0.39 is 5.97 Å². The number of carbonyl (C=O) groups excluding carboxylic acids is 1. The van der Waals surface area contributed by atoms with Crippen molar-refractivity contribution in [2.45, 2.75) is 13.0 Å². The standard InChI is InChI=1S/C27H26N4O4/c1-31-17-20(16-29-31)24-14-21(11-12-22(24)23-5-3-4-6-25(23)35-2)30-27(34)28-15-19-9-7-18(8-10-19)13-26(32)33/h3-12,14,16-17H,13,15H2,1-2H3,(H,32,33)(H2,28,30,34). The molecule has 0 unspecified atom stereocenters. The lowest BCUT2D eigenvalue weighted by molar-refractivity contribution is -0.136. The first kappa shape index (κ1) is 23.6. The molecule has 0 aliphatic rings. The van der Waals surface area contributed by atoms with Crippen molar-refractivity contribution in [2.75, 3.05) is 12.4 Å². The minimum absolute atomic E-state index is 0.0295. The van der Waals surface area contributed by atoms with Gasteiger partial charge in [-0.15, -0.1) is 0 Å². The SMILES string of the molecule is COc1ccccc1-c1ccc(NC(=O)NCc2ccc(CC(=O)O)cc2)cc1-c1cnn(C)c1. The molecule has 3 aromatic carbocycles. The van der Waals surface area contributed by atoms with Gasteiger partial charge in [0.1, 0.15) is 5.75 Å². The van der Waals surface area contributed by atoms with Crippen LogP contribution in [0.3, 0.4) is 0 Å². The normalized spacial score (nSPS) is 10.6. The number of para-hydroxylation sites is 1. The van der Waals surface area contributed by atoms with E-state index >= 15 is 0 Å². The van der Waals surface area contributed by atoms with Gasteiger partial charge in [-0.05, 0) is 40.5 Å². The summed E-state index contributed by atoms with van der Waals surface area (Å²) in [6, 6.07) is 20.3. The van der Waals surface area contributed by atoms with Gasteiger partial charge in [-0.25, -0.2) is 4.79 Å². The van der Waals surface area contributed by atoms with E-state index in [1.165, 1.54) is 0 Å². The highest BCUT2D eigenvalue weighted by Crippen LogP contribution is 2.38. The highest BCUT2D eigenvalue weighted by atomic mass is 16.5. The van der Waals surface area contributed by atoms with Gasteiger partial charge in [0.15, 0.2) is 0 Å². The summed E-state index contributed by atoms with van der Waals surface area (Å²) < 4.78 is 7.29. The number of rotatable bonds is 8. The number of ether oxygens (including phenoxy) is 1. The first-order valence-corrected chi connectivity index (χ1v) is 11.0. The molecule has 178 valence electrons. The molecule has 8 heteroatoms. The first-order valence-electron chi connectivity index (χ1n) is 11.0. The number of nitrogens with zero attached hydrogens (tertiary/aromatic N) is 2. The average Bonchev–Trinajstić information content (AvgIpc) is 3.29. The minimum Gasteiger partial charge on any atom is -0.496 e. The van der Waals surface area contributed by atoms with E-state index in [1.54, 1.807) is 42.3 Å². The number of urea groups is 1. The summed E-state index contributed by atoms with van der Waals surface area (Å²) in [4.78, 5) is 23.4. The van der Waals surface area contributed by atoms with Gasteiger partial charge < -0.3 is 20.5 Å². The smallest absolute Gasteiger partial charge is 0.319 e. The van der Waals surface area contributed by atoms with Gasteiger partial charge in [-0.2, -0.15) is 5.10 Å². The van der Waals surface area contributed by atoms with Crippen LogP contribution in [0.4, 0.5) is 10.5 Å². The number of aliphatic carboxylic acids is 1. The number of carboxylic acid groups (broad SMARTS) is 1. The Labute approximate surface area is 203 Å². The van der Waals surface area contributed by atoms with E-state index in [2.05, 4.69) is 15.7 Å². The van der Waals surface area contributed by atoms with Gasteiger partial charge in [0.2, 0.25) is 0 Å². The summed E-state index contributed by atoms with van der Waals surface area (Å²) >= 11 is 0. The molecule has 1 aromatic heterocycles. The maximum atomic E-state index is 12.6. The highest BCUT2D eigenvalue weighted by molar-refractivity contribution is 5.93. The molecule has 0 spiro atoms. The molecule has 0 radical (unpaired) electrons. The van der Waals surface area contributed by atoms with Crippen molar-refractivity contribution in [3.05, 3.63) is 90.3 Å². The predicted molar refractivity (Wildman–Crippen MR) is 134 cm³/mol. The van der Waals surface area contributed by atoms with Crippen molar-refractivity contribution in [3.8, 4) is 28.0 Å². The zero-order chi connectivity index (χ0) is 24.8. The highest BCUT2D eigenvalue weighted by Gasteiger charge is 2.14. The lowest BCUT2D eigenvalue weighted by Gasteiger charge is -2.15. The van der Waals surface area contributed by atoms with Crippen molar-refractivity contribution in [3.63, 3.8) is 0 Å². The number of carbonyl (C=O) groups is 2. The van der Waals surface area contributed by atoms with Gasteiger partial charge in [0.25, 0.3) is 0 Å². The second-order valence-corrected chi connectivity index (χ2v) is 8.06. The summed E-state index contributed by atoms with van der Waals surface area (Å²) in [5, 5.41) is 18.9. The summed E-state index contributed by atoms with van der Waals surface area (Å²) in [6.07, 6.45) is 3.68. The molecule has 0 bridgehead atoms. The maximum absolute atomic E-state index is 12.6. The van der Waals surface area contributed by atoms with Gasteiger partial charge >= 0.3 is 12.0 Å². The number of methoxy groups -OCH3 is 1. The van der Waals surface area contributed by atoms with E-state index in [9.17, 15) is 9.59 Å². The fourth-order valence-electron chi connectivity index (χ4n) is 3.83. The Hall–Kier alpha value is -4.59. The molecular formula is C27H26N4O4.